The van der Waals surface area contributed by atoms with Crippen LogP contribution in [0.4, 0.5) is 0 Å². The second-order valence-corrected chi connectivity index (χ2v) is 7.89. The first-order valence-electron chi connectivity index (χ1n) is 7.90. The van der Waals surface area contributed by atoms with Crippen molar-refractivity contribution in [2.75, 3.05) is 40.0 Å². The number of morpholine rings is 1. The molecule has 0 radical (unpaired) electrons. The molecule has 1 saturated heterocycles. The van der Waals surface area contributed by atoms with E-state index in [1.807, 2.05) is 13.8 Å². The third-order valence-electron chi connectivity index (χ3n) is 3.68. The van der Waals surface area contributed by atoms with Crippen LogP contribution in [0.3, 0.4) is 0 Å². The molecule has 1 heterocycles. The van der Waals surface area contributed by atoms with Crippen LogP contribution in [0, 0.1) is 5.92 Å². The van der Waals surface area contributed by atoms with E-state index in [4.69, 9.17) is 9.47 Å². The predicted molar refractivity (Wildman–Crippen MR) is 89.7 cm³/mol. The van der Waals surface area contributed by atoms with E-state index in [1.165, 1.54) is 23.5 Å². The van der Waals surface area contributed by atoms with E-state index in [1.54, 1.807) is 6.07 Å². The highest BCUT2D eigenvalue weighted by molar-refractivity contribution is 7.89. The third kappa shape index (κ3) is 4.25. The number of hydrogen-bond donors (Lipinski definition) is 1. The average Bonchev–Trinajstić information content (AvgIpc) is 2.59. The van der Waals surface area contributed by atoms with E-state index in [2.05, 4.69) is 5.32 Å². The fourth-order valence-corrected chi connectivity index (χ4v) is 3.93. The molecule has 2 rings (SSSR count). The Balaban J connectivity index is 2.33. The van der Waals surface area contributed by atoms with Gasteiger partial charge < -0.3 is 14.8 Å². The molecular weight excluding hydrogens is 332 g/mol. The first-order valence-corrected chi connectivity index (χ1v) is 9.34. The second kappa shape index (κ2) is 7.96. The molecule has 0 atom stereocenters. The SMILES string of the molecule is COc1ccc(C(=O)NCC(C)C)cc1S(=O)(=O)N1CCOCC1. The number of rotatable bonds is 6. The van der Waals surface area contributed by atoms with Gasteiger partial charge in [-0.15, -0.1) is 0 Å². The lowest BCUT2D eigenvalue weighted by Gasteiger charge is -2.26. The minimum Gasteiger partial charge on any atom is -0.495 e. The minimum atomic E-state index is -3.74. The minimum absolute atomic E-state index is 0.00379. The molecule has 0 saturated carbocycles. The number of benzene rings is 1. The molecular formula is C16H24N2O5S. The van der Waals surface area contributed by atoms with Crippen molar-refractivity contribution in [1.82, 2.24) is 9.62 Å². The summed E-state index contributed by atoms with van der Waals surface area (Å²) in [5.41, 5.74) is 0.295. The largest absolute Gasteiger partial charge is 0.495 e. The molecule has 0 bridgehead atoms. The van der Waals surface area contributed by atoms with E-state index in [0.717, 1.165) is 0 Å². The van der Waals surface area contributed by atoms with Crippen molar-refractivity contribution in [2.24, 2.45) is 5.92 Å². The number of sulfonamides is 1. The maximum absolute atomic E-state index is 12.9. The molecule has 1 N–H and O–H groups in total. The molecule has 0 spiro atoms. The monoisotopic (exact) mass is 356 g/mol. The van der Waals surface area contributed by atoms with Gasteiger partial charge in [-0.2, -0.15) is 4.31 Å². The van der Waals surface area contributed by atoms with Crippen molar-refractivity contribution >= 4 is 15.9 Å². The van der Waals surface area contributed by atoms with E-state index in [-0.39, 0.29) is 29.6 Å². The Kier molecular flexibility index (Phi) is 6.20. The first-order chi connectivity index (χ1) is 11.4. The average molecular weight is 356 g/mol. The molecule has 0 unspecified atom stereocenters. The van der Waals surface area contributed by atoms with Crippen LogP contribution < -0.4 is 10.1 Å². The van der Waals surface area contributed by atoms with Crippen molar-refractivity contribution in [3.05, 3.63) is 23.8 Å². The molecule has 8 heteroatoms. The zero-order valence-electron chi connectivity index (χ0n) is 14.2. The summed E-state index contributed by atoms with van der Waals surface area (Å²) in [5.74, 6) is 0.232. The summed E-state index contributed by atoms with van der Waals surface area (Å²) in [6, 6.07) is 4.45. The summed E-state index contributed by atoms with van der Waals surface area (Å²) in [6.45, 7) is 5.79. The molecule has 0 aliphatic carbocycles. The highest BCUT2D eigenvalue weighted by Gasteiger charge is 2.30. The predicted octanol–water partition coefficient (Wildman–Crippen LogP) is 1.10. The number of hydrogen-bond acceptors (Lipinski definition) is 5. The van der Waals surface area contributed by atoms with Gasteiger partial charge in [-0.05, 0) is 24.1 Å². The van der Waals surface area contributed by atoms with Crippen LogP contribution in [0.2, 0.25) is 0 Å². The number of nitrogens with one attached hydrogen (secondary N) is 1. The van der Waals surface area contributed by atoms with Gasteiger partial charge in [0.1, 0.15) is 10.6 Å². The molecule has 1 aliphatic rings. The van der Waals surface area contributed by atoms with E-state index in [9.17, 15) is 13.2 Å². The molecule has 134 valence electrons. The molecule has 7 nitrogen and oxygen atoms in total. The van der Waals surface area contributed by atoms with Gasteiger partial charge in [0, 0.05) is 25.2 Å². The van der Waals surface area contributed by atoms with Gasteiger partial charge in [0.15, 0.2) is 0 Å². The second-order valence-electron chi connectivity index (χ2n) is 5.99. The van der Waals surface area contributed by atoms with Crippen LogP contribution in [0.5, 0.6) is 5.75 Å². The van der Waals surface area contributed by atoms with Crippen LogP contribution in [0.15, 0.2) is 23.1 Å². The summed E-state index contributed by atoms with van der Waals surface area (Å²) in [7, 11) is -2.33. The summed E-state index contributed by atoms with van der Waals surface area (Å²) < 4.78 is 37.5. The molecule has 0 aromatic heterocycles. The Morgan fingerprint density at radius 2 is 2.00 bits per heavy atom. The van der Waals surface area contributed by atoms with E-state index < -0.39 is 10.0 Å². The van der Waals surface area contributed by atoms with Crippen LogP contribution in [-0.4, -0.2) is 58.6 Å². The zero-order valence-corrected chi connectivity index (χ0v) is 15.1. The number of carbonyl (C=O) groups is 1. The Bertz CT molecular complexity index is 682. The molecule has 1 aromatic rings. The summed E-state index contributed by atoms with van der Waals surface area (Å²) >= 11 is 0. The first kappa shape index (κ1) is 18.7. The normalized spacial score (nSPS) is 16.2. The number of carbonyl (C=O) groups excluding carboxylic acids is 1. The number of amides is 1. The Hall–Kier alpha value is -1.64. The van der Waals surface area contributed by atoms with Gasteiger partial charge in [0.05, 0.1) is 20.3 Å². The van der Waals surface area contributed by atoms with Crippen LogP contribution >= 0.6 is 0 Å². The van der Waals surface area contributed by atoms with Gasteiger partial charge in [-0.1, -0.05) is 13.8 Å². The lowest BCUT2D eigenvalue weighted by Crippen LogP contribution is -2.40. The lowest BCUT2D eigenvalue weighted by atomic mass is 10.2. The van der Waals surface area contributed by atoms with Gasteiger partial charge in [-0.3, -0.25) is 4.79 Å². The number of methoxy groups -OCH3 is 1. The maximum Gasteiger partial charge on any atom is 0.251 e. The molecule has 24 heavy (non-hydrogen) atoms. The number of nitrogens with zero attached hydrogens (tertiary/aromatic N) is 1. The van der Waals surface area contributed by atoms with Gasteiger partial charge >= 0.3 is 0 Å². The summed E-state index contributed by atoms with van der Waals surface area (Å²) in [6.07, 6.45) is 0. The topological polar surface area (TPSA) is 84.9 Å². The van der Waals surface area contributed by atoms with Crippen LogP contribution in [0.1, 0.15) is 24.2 Å². The fraction of sp³-hybridized carbons (Fsp3) is 0.562. The van der Waals surface area contributed by atoms with Crippen molar-refractivity contribution in [2.45, 2.75) is 18.7 Å². The van der Waals surface area contributed by atoms with Crippen molar-refractivity contribution in [3.63, 3.8) is 0 Å². The van der Waals surface area contributed by atoms with Crippen LogP contribution in [-0.2, 0) is 14.8 Å². The van der Waals surface area contributed by atoms with Crippen molar-refractivity contribution < 1.29 is 22.7 Å². The summed E-state index contributed by atoms with van der Waals surface area (Å²) in [4.78, 5) is 12.2. The molecule has 1 amide bonds. The zero-order chi connectivity index (χ0) is 17.7. The van der Waals surface area contributed by atoms with Gasteiger partial charge in [0.25, 0.3) is 5.91 Å². The Morgan fingerprint density at radius 3 is 2.58 bits per heavy atom. The molecule has 1 aromatic carbocycles. The lowest BCUT2D eigenvalue weighted by molar-refractivity contribution is 0.0729. The van der Waals surface area contributed by atoms with E-state index in [0.29, 0.717) is 31.2 Å². The standard InChI is InChI=1S/C16H24N2O5S/c1-12(2)11-17-16(19)13-4-5-14(22-3)15(10-13)24(20,21)18-6-8-23-9-7-18/h4-5,10,12H,6-9,11H2,1-3H3,(H,17,19). The highest BCUT2D eigenvalue weighted by atomic mass is 32.2. The van der Waals surface area contributed by atoms with E-state index >= 15 is 0 Å². The van der Waals surface area contributed by atoms with Crippen molar-refractivity contribution in [1.29, 1.82) is 0 Å². The Morgan fingerprint density at radius 1 is 1.33 bits per heavy atom. The van der Waals surface area contributed by atoms with Crippen LogP contribution in [0.25, 0.3) is 0 Å². The Labute approximate surface area is 143 Å². The fourth-order valence-electron chi connectivity index (χ4n) is 2.34. The van der Waals surface area contributed by atoms with Gasteiger partial charge in [-0.25, -0.2) is 8.42 Å². The third-order valence-corrected chi connectivity index (χ3v) is 5.60. The van der Waals surface area contributed by atoms with Gasteiger partial charge in [0.2, 0.25) is 10.0 Å². The number of ether oxygens (including phenoxy) is 2. The summed E-state index contributed by atoms with van der Waals surface area (Å²) in [5, 5.41) is 2.79. The quantitative estimate of drug-likeness (QED) is 0.825. The smallest absolute Gasteiger partial charge is 0.251 e. The highest BCUT2D eigenvalue weighted by Crippen LogP contribution is 2.28. The van der Waals surface area contributed by atoms with Crippen molar-refractivity contribution in [3.8, 4) is 5.75 Å². The molecule has 1 aliphatic heterocycles. The maximum atomic E-state index is 12.9. The molecule has 1 fully saturated rings.